The third kappa shape index (κ3) is 2.15. The predicted octanol–water partition coefficient (Wildman–Crippen LogP) is -0.436. The normalized spacial score (nSPS) is 7.71. The fourth-order valence-corrected chi connectivity index (χ4v) is 0.321. The van der Waals surface area contributed by atoms with Crippen LogP contribution in [0, 0.1) is 0 Å². The van der Waals surface area contributed by atoms with Gasteiger partial charge >= 0.3 is 0 Å². The molecule has 0 saturated heterocycles. The highest BCUT2D eigenvalue weighted by Gasteiger charge is 1.97. The largest absolute Gasteiger partial charge is 0.321 e. The molecule has 7 heavy (non-hydrogen) atoms. The molecule has 2 N–H and O–H groups in total. The minimum atomic E-state index is 0.542. The zero-order valence-electron chi connectivity index (χ0n) is 4.65. The molecular weight excluding hydrogens is 88.1 g/mol. The van der Waals surface area contributed by atoms with E-state index in [1.807, 2.05) is 6.92 Å². The molecule has 2 nitrogen and oxygen atoms in total. The van der Waals surface area contributed by atoms with E-state index in [0.29, 0.717) is 6.54 Å². The smallest absolute Gasteiger partial charge is 0.292 e. The monoisotopic (exact) mass is 99.1 g/mol. The minimum Gasteiger partial charge on any atom is -0.321 e. The lowest BCUT2D eigenvalue weighted by Gasteiger charge is -1.76. The van der Waals surface area contributed by atoms with Crippen molar-refractivity contribution in [2.45, 2.75) is 13.3 Å². The van der Waals surface area contributed by atoms with E-state index in [1.165, 1.54) is 0 Å². The second kappa shape index (κ2) is 3.59. The van der Waals surface area contributed by atoms with E-state index in [0.717, 1.165) is 12.1 Å². The summed E-state index contributed by atoms with van der Waals surface area (Å²) in [5.74, 6) is 0. The van der Waals surface area contributed by atoms with Crippen molar-refractivity contribution in [1.82, 2.24) is 4.67 Å². The summed E-state index contributed by atoms with van der Waals surface area (Å²) in [6.45, 7) is 5.89. The summed E-state index contributed by atoms with van der Waals surface area (Å²) < 4.78 is 3.67. The second-order valence-corrected chi connectivity index (χ2v) is 1.28. The van der Waals surface area contributed by atoms with Gasteiger partial charge in [-0.05, 0) is 0 Å². The van der Waals surface area contributed by atoms with Crippen molar-refractivity contribution in [3.8, 4) is 0 Å². The summed E-state index contributed by atoms with van der Waals surface area (Å²) in [5.41, 5.74) is 6.20. The van der Waals surface area contributed by atoms with Gasteiger partial charge in [-0.25, -0.2) is 0 Å². The van der Waals surface area contributed by atoms with E-state index in [9.17, 15) is 0 Å². The van der Waals surface area contributed by atoms with E-state index in [1.54, 1.807) is 0 Å². The fourth-order valence-electron chi connectivity index (χ4n) is 0.321. The van der Waals surface area contributed by atoms with Gasteiger partial charge in [0.15, 0.2) is 0 Å². The van der Waals surface area contributed by atoms with Crippen LogP contribution >= 0.6 is 0 Å². The average molecular weight is 99.2 g/mol. The molecule has 0 aromatic rings. The lowest BCUT2D eigenvalue weighted by Crippen LogP contribution is -2.14. The Morgan fingerprint density at radius 3 is 2.43 bits per heavy atom. The molecule has 0 saturated carbocycles. The first-order valence-electron chi connectivity index (χ1n) is 2.36. The predicted molar refractivity (Wildman–Crippen MR) is 33.6 cm³/mol. The first-order chi connectivity index (χ1) is 3.35. The Balaban J connectivity index is 3.61. The SMILES string of the molecule is C=[N+]=C(CC)CN. The zero-order chi connectivity index (χ0) is 5.70. The highest BCUT2D eigenvalue weighted by molar-refractivity contribution is 5.85. The van der Waals surface area contributed by atoms with Gasteiger partial charge in [0.2, 0.25) is 0 Å². The Kier molecular flexibility index (Phi) is 3.29. The van der Waals surface area contributed by atoms with Crippen LogP contribution in [0.15, 0.2) is 0 Å². The lowest BCUT2D eigenvalue weighted by atomic mass is 10.3. The maximum absolute atomic E-state index is 5.22. The van der Waals surface area contributed by atoms with Crippen molar-refractivity contribution in [2.75, 3.05) is 6.54 Å². The van der Waals surface area contributed by atoms with Gasteiger partial charge in [-0.15, -0.1) is 4.67 Å². The van der Waals surface area contributed by atoms with Crippen LogP contribution in [0.25, 0.3) is 0 Å². The summed E-state index contributed by atoms with van der Waals surface area (Å²) in [5, 5.41) is 0. The second-order valence-electron chi connectivity index (χ2n) is 1.28. The molecule has 0 radical (unpaired) electrons. The number of hydrogen-bond donors (Lipinski definition) is 1. The molecule has 0 aromatic heterocycles. The van der Waals surface area contributed by atoms with Gasteiger partial charge in [0.1, 0.15) is 0 Å². The molecule has 0 spiro atoms. The average Bonchev–Trinajstić information content (AvgIpc) is 1.72. The molecule has 0 fully saturated rings. The van der Waals surface area contributed by atoms with Crippen LogP contribution in [0.4, 0.5) is 0 Å². The maximum Gasteiger partial charge on any atom is 0.292 e. The van der Waals surface area contributed by atoms with Gasteiger partial charge in [-0.2, -0.15) is 0 Å². The summed E-state index contributed by atoms with van der Waals surface area (Å²) in [7, 11) is 0. The van der Waals surface area contributed by atoms with Crippen molar-refractivity contribution in [2.24, 2.45) is 5.73 Å². The molecule has 0 atom stereocenters. The highest BCUT2D eigenvalue weighted by Crippen LogP contribution is 1.71. The molecule has 0 unspecified atom stereocenters. The maximum atomic E-state index is 5.22. The van der Waals surface area contributed by atoms with Crippen molar-refractivity contribution in [3.63, 3.8) is 0 Å². The van der Waals surface area contributed by atoms with Crippen LogP contribution in [0.2, 0.25) is 0 Å². The van der Waals surface area contributed by atoms with E-state index in [-0.39, 0.29) is 0 Å². The van der Waals surface area contributed by atoms with Gasteiger partial charge in [0, 0.05) is 6.42 Å². The van der Waals surface area contributed by atoms with Gasteiger partial charge in [-0.3, -0.25) is 0 Å². The number of nitrogens with two attached hydrogens (primary N) is 1. The zero-order valence-corrected chi connectivity index (χ0v) is 4.65. The fraction of sp³-hybridized carbons (Fsp3) is 0.600. The minimum absolute atomic E-state index is 0.542. The molecule has 0 aliphatic carbocycles. The summed E-state index contributed by atoms with van der Waals surface area (Å²) in [6.07, 6.45) is 0.917. The van der Waals surface area contributed by atoms with Crippen LogP contribution in [0.5, 0.6) is 0 Å². The Labute approximate surface area is 43.8 Å². The molecule has 0 aliphatic rings. The Bertz CT molecular complexity index is 84.3. The molecule has 40 valence electrons. The molecule has 0 rings (SSSR count). The van der Waals surface area contributed by atoms with Crippen LogP contribution in [0.1, 0.15) is 13.3 Å². The van der Waals surface area contributed by atoms with Crippen molar-refractivity contribution < 1.29 is 0 Å². The van der Waals surface area contributed by atoms with E-state index >= 15 is 0 Å². The number of hydrogen-bond acceptors (Lipinski definition) is 1. The van der Waals surface area contributed by atoms with Gasteiger partial charge < -0.3 is 5.73 Å². The molecule has 0 aliphatic heterocycles. The van der Waals surface area contributed by atoms with E-state index < -0.39 is 0 Å². The van der Waals surface area contributed by atoms with Crippen LogP contribution < -0.4 is 10.4 Å². The van der Waals surface area contributed by atoms with Crippen molar-refractivity contribution >= 4 is 12.4 Å². The van der Waals surface area contributed by atoms with Crippen molar-refractivity contribution in [3.05, 3.63) is 0 Å². The standard InChI is InChI=1S/C5H11N2/c1-3-5(4-6)7-2/h2-4,6H2,1H3/q+1. The van der Waals surface area contributed by atoms with Gasteiger partial charge in [0.25, 0.3) is 12.4 Å². The first-order valence-corrected chi connectivity index (χ1v) is 2.36. The molecule has 0 amide bonds. The quantitative estimate of drug-likeness (QED) is 0.370. The van der Waals surface area contributed by atoms with Gasteiger partial charge in [-0.1, -0.05) is 6.92 Å². The number of nitrogens with zero attached hydrogens (tertiary/aromatic N) is 1. The molecule has 0 aromatic carbocycles. The topological polar surface area (TPSA) is 40.1 Å². The molecular formula is C5H11N2+. The summed E-state index contributed by atoms with van der Waals surface area (Å²) >= 11 is 0. The van der Waals surface area contributed by atoms with E-state index in [2.05, 4.69) is 11.4 Å². The summed E-state index contributed by atoms with van der Waals surface area (Å²) in [4.78, 5) is 0. The lowest BCUT2D eigenvalue weighted by molar-refractivity contribution is 1.17. The Morgan fingerprint density at radius 1 is 1.86 bits per heavy atom. The van der Waals surface area contributed by atoms with Gasteiger partial charge in [0.05, 0.1) is 6.54 Å². The van der Waals surface area contributed by atoms with E-state index in [4.69, 9.17) is 5.73 Å². The Morgan fingerprint density at radius 2 is 2.43 bits per heavy atom. The highest BCUT2D eigenvalue weighted by atomic mass is 14.6. The molecule has 2 heteroatoms. The number of rotatable bonds is 2. The Hall–Kier alpha value is -0.590. The van der Waals surface area contributed by atoms with Crippen LogP contribution in [-0.2, 0) is 0 Å². The van der Waals surface area contributed by atoms with Crippen LogP contribution in [0.3, 0.4) is 0 Å². The molecule has 0 bridgehead atoms. The first kappa shape index (κ1) is 6.41. The van der Waals surface area contributed by atoms with Crippen LogP contribution in [-0.4, -0.2) is 19.0 Å². The third-order valence-electron chi connectivity index (χ3n) is 0.867. The van der Waals surface area contributed by atoms with Crippen molar-refractivity contribution in [1.29, 1.82) is 0 Å². The molecule has 0 heterocycles. The summed E-state index contributed by atoms with van der Waals surface area (Å²) in [6, 6.07) is 0. The third-order valence-corrected chi connectivity index (χ3v) is 0.867.